The Labute approximate surface area is 174 Å². The van der Waals surface area contributed by atoms with Crippen molar-refractivity contribution in [3.05, 3.63) is 49.9 Å². The number of carbonyl (C=O) groups is 1. The molecule has 0 aliphatic carbocycles. The van der Waals surface area contributed by atoms with E-state index in [0.29, 0.717) is 10.0 Å². The van der Waals surface area contributed by atoms with E-state index in [9.17, 15) is 4.79 Å². The number of carbonyl (C=O) groups excluding carboxylic acids is 1. The molecule has 1 saturated heterocycles. The van der Waals surface area contributed by atoms with Crippen LogP contribution in [0.5, 0.6) is 0 Å². The number of piperidine rings is 1. The van der Waals surface area contributed by atoms with Crippen molar-refractivity contribution in [2.24, 2.45) is 5.92 Å². The van der Waals surface area contributed by atoms with Crippen molar-refractivity contribution in [3.8, 4) is 0 Å². The summed E-state index contributed by atoms with van der Waals surface area (Å²) in [7, 11) is 0. The molecular formula is C20H25Cl2N3OS. The molecule has 4 nitrogen and oxygen atoms in total. The zero-order chi connectivity index (χ0) is 19.6. The second kappa shape index (κ2) is 8.48. The van der Waals surface area contributed by atoms with Gasteiger partial charge in [-0.15, -0.1) is 11.3 Å². The first-order chi connectivity index (χ1) is 12.7. The molecule has 1 N–H and O–H groups in total. The van der Waals surface area contributed by atoms with Gasteiger partial charge in [0.25, 0.3) is 0 Å². The molecule has 0 bridgehead atoms. The smallest absolute Gasteiger partial charge is 0.223 e. The zero-order valence-corrected chi connectivity index (χ0v) is 18.2. The van der Waals surface area contributed by atoms with Gasteiger partial charge in [-0.25, -0.2) is 4.98 Å². The van der Waals surface area contributed by atoms with Crippen LogP contribution >= 0.6 is 34.5 Å². The van der Waals surface area contributed by atoms with Crippen molar-refractivity contribution in [2.45, 2.75) is 45.7 Å². The van der Waals surface area contributed by atoms with E-state index in [2.05, 4.69) is 20.6 Å². The standard InChI is InChI=1S/C20H25Cl2N3OS/c1-13-23-16(12-27-13)11-25-8-6-14(7-9-25)19(26)24-20(2,3)15-4-5-17(21)18(22)10-15/h4-5,10,12,14H,6-9,11H2,1-3H3,(H,24,26). The summed E-state index contributed by atoms with van der Waals surface area (Å²) in [5.41, 5.74) is 1.57. The molecule has 1 aliphatic rings. The molecule has 1 amide bonds. The summed E-state index contributed by atoms with van der Waals surface area (Å²) in [5.74, 6) is 0.149. The van der Waals surface area contributed by atoms with Crippen LogP contribution in [0.2, 0.25) is 10.0 Å². The van der Waals surface area contributed by atoms with Crippen LogP contribution in [0.25, 0.3) is 0 Å². The van der Waals surface area contributed by atoms with Gasteiger partial charge in [0.05, 0.1) is 26.3 Å². The summed E-state index contributed by atoms with van der Waals surface area (Å²) in [6.07, 6.45) is 1.73. The Kier molecular flexibility index (Phi) is 6.46. The third-order valence-corrected chi connectivity index (χ3v) is 6.65. The summed E-state index contributed by atoms with van der Waals surface area (Å²) in [6.45, 7) is 8.71. The average Bonchev–Trinajstić information content (AvgIpc) is 3.02. The molecule has 7 heteroatoms. The maximum atomic E-state index is 12.8. The molecular weight excluding hydrogens is 401 g/mol. The van der Waals surface area contributed by atoms with Gasteiger partial charge in [0.2, 0.25) is 5.91 Å². The van der Waals surface area contributed by atoms with Crippen molar-refractivity contribution >= 4 is 40.4 Å². The summed E-state index contributed by atoms with van der Waals surface area (Å²) in [6, 6.07) is 5.50. The minimum absolute atomic E-state index is 0.0421. The van der Waals surface area contributed by atoms with E-state index in [4.69, 9.17) is 23.2 Å². The number of aryl methyl sites for hydroxylation is 1. The zero-order valence-electron chi connectivity index (χ0n) is 15.9. The minimum Gasteiger partial charge on any atom is -0.347 e. The number of benzene rings is 1. The lowest BCUT2D eigenvalue weighted by Gasteiger charge is -2.34. The molecule has 0 atom stereocenters. The number of amides is 1. The fourth-order valence-corrected chi connectivity index (χ4v) is 4.33. The van der Waals surface area contributed by atoms with Crippen LogP contribution in [0.15, 0.2) is 23.6 Å². The van der Waals surface area contributed by atoms with Crippen molar-refractivity contribution in [1.82, 2.24) is 15.2 Å². The van der Waals surface area contributed by atoms with Crippen LogP contribution in [-0.4, -0.2) is 28.9 Å². The summed E-state index contributed by atoms with van der Waals surface area (Å²) in [4.78, 5) is 19.7. The lowest BCUT2D eigenvalue weighted by Crippen LogP contribution is -2.46. The lowest BCUT2D eigenvalue weighted by molar-refractivity contribution is -0.128. The minimum atomic E-state index is -0.499. The molecule has 1 aromatic heterocycles. The van der Waals surface area contributed by atoms with Gasteiger partial charge in [-0.2, -0.15) is 0 Å². The normalized spacial score (nSPS) is 16.5. The number of aromatic nitrogens is 1. The lowest BCUT2D eigenvalue weighted by atomic mass is 9.90. The van der Waals surface area contributed by atoms with E-state index in [1.165, 1.54) is 0 Å². The van der Waals surface area contributed by atoms with Gasteiger partial charge >= 0.3 is 0 Å². The molecule has 146 valence electrons. The second-order valence-electron chi connectivity index (χ2n) is 7.65. The van der Waals surface area contributed by atoms with E-state index < -0.39 is 5.54 Å². The molecule has 1 aliphatic heterocycles. The maximum absolute atomic E-state index is 12.8. The number of thiazole rings is 1. The molecule has 0 radical (unpaired) electrons. The fraction of sp³-hybridized carbons (Fsp3) is 0.500. The fourth-order valence-electron chi connectivity index (χ4n) is 3.43. The van der Waals surface area contributed by atoms with Gasteiger partial charge in [-0.05, 0) is 64.4 Å². The Morgan fingerprint density at radius 3 is 2.59 bits per heavy atom. The van der Waals surface area contributed by atoms with Gasteiger partial charge in [0, 0.05) is 17.8 Å². The first-order valence-electron chi connectivity index (χ1n) is 9.15. The number of halogens is 2. The van der Waals surface area contributed by atoms with Crippen LogP contribution in [0.1, 0.15) is 43.0 Å². The van der Waals surface area contributed by atoms with Crippen LogP contribution in [0.3, 0.4) is 0 Å². The third-order valence-electron chi connectivity index (χ3n) is 5.09. The Balaban J connectivity index is 1.54. The van der Waals surface area contributed by atoms with Crippen molar-refractivity contribution in [3.63, 3.8) is 0 Å². The molecule has 2 aromatic rings. The summed E-state index contributed by atoms with van der Waals surface area (Å²) in [5, 5.41) is 7.43. The largest absolute Gasteiger partial charge is 0.347 e. The molecule has 0 saturated carbocycles. The Morgan fingerprint density at radius 1 is 1.30 bits per heavy atom. The molecule has 1 fully saturated rings. The van der Waals surface area contributed by atoms with Crippen molar-refractivity contribution in [2.75, 3.05) is 13.1 Å². The number of nitrogens with one attached hydrogen (secondary N) is 1. The highest BCUT2D eigenvalue weighted by Crippen LogP contribution is 2.29. The van der Waals surface area contributed by atoms with Gasteiger partial charge in [-0.3, -0.25) is 9.69 Å². The van der Waals surface area contributed by atoms with E-state index in [0.717, 1.165) is 48.7 Å². The second-order valence-corrected chi connectivity index (χ2v) is 9.53. The number of hydrogen-bond acceptors (Lipinski definition) is 4. The maximum Gasteiger partial charge on any atom is 0.223 e. The predicted molar refractivity (Wildman–Crippen MR) is 112 cm³/mol. The third kappa shape index (κ3) is 5.23. The number of rotatable bonds is 5. The van der Waals surface area contributed by atoms with Crippen LogP contribution in [0, 0.1) is 12.8 Å². The Hall–Kier alpha value is -1.14. The highest BCUT2D eigenvalue weighted by atomic mass is 35.5. The predicted octanol–water partition coefficient (Wildman–Crippen LogP) is 5.02. The Morgan fingerprint density at radius 2 is 2.00 bits per heavy atom. The molecule has 3 rings (SSSR count). The van der Waals surface area contributed by atoms with Crippen molar-refractivity contribution in [1.29, 1.82) is 0 Å². The molecule has 1 aromatic carbocycles. The Bertz CT molecular complexity index is 813. The molecule has 0 spiro atoms. The van der Waals surface area contributed by atoms with E-state index in [1.54, 1.807) is 17.4 Å². The van der Waals surface area contributed by atoms with Gasteiger partial charge < -0.3 is 5.32 Å². The molecule has 27 heavy (non-hydrogen) atoms. The van der Waals surface area contributed by atoms with Crippen LogP contribution < -0.4 is 5.32 Å². The number of hydrogen-bond donors (Lipinski definition) is 1. The van der Waals surface area contributed by atoms with Gasteiger partial charge in [0.15, 0.2) is 0 Å². The van der Waals surface area contributed by atoms with Crippen molar-refractivity contribution < 1.29 is 4.79 Å². The van der Waals surface area contributed by atoms with E-state index in [1.807, 2.05) is 32.9 Å². The van der Waals surface area contributed by atoms with E-state index >= 15 is 0 Å². The topological polar surface area (TPSA) is 45.2 Å². The quantitative estimate of drug-likeness (QED) is 0.730. The first-order valence-corrected chi connectivity index (χ1v) is 10.8. The number of likely N-dealkylation sites (tertiary alicyclic amines) is 1. The summed E-state index contributed by atoms with van der Waals surface area (Å²) < 4.78 is 0. The highest BCUT2D eigenvalue weighted by molar-refractivity contribution is 7.09. The molecule has 2 heterocycles. The van der Waals surface area contributed by atoms with Gasteiger partial charge in [-0.1, -0.05) is 29.3 Å². The van der Waals surface area contributed by atoms with Crippen LogP contribution in [-0.2, 0) is 16.9 Å². The SMILES string of the molecule is Cc1nc(CN2CCC(C(=O)NC(C)(C)c3ccc(Cl)c(Cl)c3)CC2)cs1. The monoisotopic (exact) mass is 425 g/mol. The van der Waals surface area contributed by atoms with E-state index in [-0.39, 0.29) is 11.8 Å². The molecule has 0 unspecified atom stereocenters. The van der Waals surface area contributed by atoms with Crippen LogP contribution in [0.4, 0.5) is 0 Å². The number of nitrogens with zero attached hydrogens (tertiary/aromatic N) is 2. The highest BCUT2D eigenvalue weighted by Gasteiger charge is 2.30. The first kappa shape index (κ1) is 20.6. The average molecular weight is 426 g/mol. The van der Waals surface area contributed by atoms with Gasteiger partial charge in [0.1, 0.15) is 0 Å². The summed E-state index contributed by atoms with van der Waals surface area (Å²) >= 11 is 13.8.